The van der Waals surface area contributed by atoms with Gasteiger partial charge < -0.3 is 10.1 Å². The van der Waals surface area contributed by atoms with Gasteiger partial charge in [-0.15, -0.1) is 0 Å². The maximum atomic E-state index is 5.52. The normalized spacial score (nSPS) is 21.9. The minimum Gasteiger partial charge on any atom is -0.380 e. The second-order valence-electron chi connectivity index (χ2n) is 5.96. The van der Waals surface area contributed by atoms with Gasteiger partial charge in [0.1, 0.15) is 0 Å². The molecule has 0 aromatic heterocycles. The van der Waals surface area contributed by atoms with Gasteiger partial charge in [0.15, 0.2) is 0 Å². The van der Waals surface area contributed by atoms with Crippen LogP contribution in [-0.4, -0.2) is 44.8 Å². The number of hydrogen-bond acceptors (Lipinski definition) is 3. The molecule has 1 N–H and O–H groups in total. The lowest BCUT2D eigenvalue weighted by atomic mass is 9.97. The summed E-state index contributed by atoms with van der Waals surface area (Å²) in [5, 5.41) is 3.48. The van der Waals surface area contributed by atoms with Gasteiger partial charge in [-0.1, -0.05) is 23.8 Å². The van der Waals surface area contributed by atoms with E-state index >= 15 is 0 Å². The molecule has 2 atom stereocenters. The van der Waals surface area contributed by atoms with Crippen molar-refractivity contribution in [2.75, 3.05) is 33.8 Å². The summed E-state index contributed by atoms with van der Waals surface area (Å²) in [6, 6.07) is 7.12. The minimum atomic E-state index is 0.394. The maximum Gasteiger partial charge on any atom is 0.0698 e. The Morgan fingerprint density at radius 2 is 2.20 bits per heavy atom. The molecule has 1 aliphatic rings. The molecular formula is C17H28N2O. The fourth-order valence-corrected chi connectivity index (χ4v) is 3.11. The third-order valence-corrected chi connectivity index (χ3v) is 4.39. The lowest BCUT2D eigenvalue weighted by Gasteiger charge is -2.34. The maximum absolute atomic E-state index is 5.52. The van der Waals surface area contributed by atoms with Gasteiger partial charge in [0.25, 0.3) is 0 Å². The molecule has 0 aliphatic carbocycles. The second kappa shape index (κ2) is 7.21. The third-order valence-electron chi connectivity index (χ3n) is 4.39. The van der Waals surface area contributed by atoms with Gasteiger partial charge in [0.2, 0.25) is 0 Å². The van der Waals surface area contributed by atoms with E-state index in [1.54, 1.807) is 0 Å². The number of nitrogens with one attached hydrogen (secondary N) is 1. The molecule has 2 unspecified atom stereocenters. The Kier molecular flexibility index (Phi) is 5.58. The number of piperidine rings is 1. The van der Waals surface area contributed by atoms with E-state index in [-0.39, 0.29) is 0 Å². The van der Waals surface area contributed by atoms with Crippen molar-refractivity contribution in [3.8, 4) is 0 Å². The fourth-order valence-electron chi connectivity index (χ4n) is 3.11. The average molecular weight is 276 g/mol. The molecule has 0 amide bonds. The van der Waals surface area contributed by atoms with Crippen molar-refractivity contribution in [2.24, 2.45) is 0 Å². The topological polar surface area (TPSA) is 24.5 Å². The summed E-state index contributed by atoms with van der Waals surface area (Å²) in [6.45, 7) is 7.66. The number of likely N-dealkylation sites (N-methyl/N-ethyl adjacent to an activating group) is 1. The van der Waals surface area contributed by atoms with E-state index in [0.29, 0.717) is 12.1 Å². The number of likely N-dealkylation sites (tertiary alicyclic amines) is 1. The van der Waals surface area contributed by atoms with E-state index in [2.05, 4.69) is 49.3 Å². The summed E-state index contributed by atoms with van der Waals surface area (Å²) in [4.78, 5) is 2.53. The molecule has 3 heteroatoms. The summed E-state index contributed by atoms with van der Waals surface area (Å²) < 4.78 is 5.52. The number of ether oxygens (including phenoxy) is 1. The molecule has 1 fully saturated rings. The van der Waals surface area contributed by atoms with Gasteiger partial charge in [-0.25, -0.2) is 0 Å². The van der Waals surface area contributed by atoms with Crippen molar-refractivity contribution in [1.29, 1.82) is 0 Å². The number of aryl methyl sites for hydroxylation is 2. The predicted octanol–water partition coefficient (Wildman–Crippen LogP) is 2.67. The van der Waals surface area contributed by atoms with Crippen LogP contribution >= 0.6 is 0 Å². The molecule has 0 saturated carbocycles. The fraction of sp³-hybridized carbons (Fsp3) is 0.647. The standard InChI is InChI=1S/C17H28N2O/c1-13-7-8-14(2)16(10-13)17(18-3)12-19-9-5-6-15(11-19)20-4/h7-8,10,15,17-18H,5-6,9,11-12H2,1-4H3. The number of rotatable bonds is 5. The number of nitrogens with zero attached hydrogens (tertiary/aromatic N) is 1. The SMILES string of the molecule is CNC(CN1CCCC(OC)C1)c1cc(C)ccc1C. The van der Waals surface area contributed by atoms with Crippen molar-refractivity contribution in [3.05, 3.63) is 34.9 Å². The van der Waals surface area contributed by atoms with E-state index < -0.39 is 0 Å². The van der Waals surface area contributed by atoms with E-state index in [4.69, 9.17) is 4.74 Å². The second-order valence-corrected chi connectivity index (χ2v) is 5.96. The molecule has 1 aromatic carbocycles. The highest BCUT2D eigenvalue weighted by Crippen LogP contribution is 2.22. The Balaban J connectivity index is 2.06. The zero-order valence-corrected chi connectivity index (χ0v) is 13.3. The van der Waals surface area contributed by atoms with Gasteiger partial charge in [-0.2, -0.15) is 0 Å². The quantitative estimate of drug-likeness (QED) is 0.895. The third kappa shape index (κ3) is 3.81. The molecule has 1 saturated heterocycles. The lowest BCUT2D eigenvalue weighted by molar-refractivity contribution is 0.0283. The van der Waals surface area contributed by atoms with Crippen LogP contribution in [0.1, 0.15) is 35.6 Å². The van der Waals surface area contributed by atoms with Crippen LogP contribution in [0.25, 0.3) is 0 Å². The first-order valence-corrected chi connectivity index (χ1v) is 7.63. The van der Waals surface area contributed by atoms with E-state index in [1.807, 2.05) is 7.11 Å². The first-order valence-electron chi connectivity index (χ1n) is 7.63. The Bertz CT molecular complexity index is 433. The van der Waals surface area contributed by atoms with Crippen LogP contribution in [0.15, 0.2) is 18.2 Å². The zero-order valence-electron chi connectivity index (χ0n) is 13.3. The van der Waals surface area contributed by atoms with Gasteiger partial charge >= 0.3 is 0 Å². The largest absolute Gasteiger partial charge is 0.380 e. The Hall–Kier alpha value is -0.900. The van der Waals surface area contributed by atoms with Crippen LogP contribution in [-0.2, 0) is 4.74 Å². The van der Waals surface area contributed by atoms with Gasteiger partial charge in [0.05, 0.1) is 6.10 Å². The van der Waals surface area contributed by atoms with Crippen molar-refractivity contribution < 1.29 is 4.74 Å². The lowest BCUT2D eigenvalue weighted by Crippen LogP contribution is -2.43. The van der Waals surface area contributed by atoms with Crippen LogP contribution in [0.5, 0.6) is 0 Å². The summed E-state index contributed by atoms with van der Waals surface area (Å²) in [5.74, 6) is 0. The summed E-state index contributed by atoms with van der Waals surface area (Å²) in [7, 11) is 3.89. The van der Waals surface area contributed by atoms with E-state index in [1.165, 1.54) is 36.1 Å². The molecule has 20 heavy (non-hydrogen) atoms. The highest BCUT2D eigenvalue weighted by atomic mass is 16.5. The van der Waals surface area contributed by atoms with Crippen molar-refractivity contribution >= 4 is 0 Å². The molecule has 0 spiro atoms. The number of methoxy groups -OCH3 is 1. The summed E-state index contributed by atoms with van der Waals surface area (Å²) in [6.07, 6.45) is 2.84. The first-order chi connectivity index (χ1) is 9.63. The average Bonchev–Trinajstić information content (AvgIpc) is 2.47. The van der Waals surface area contributed by atoms with Crippen LogP contribution < -0.4 is 5.32 Å². The molecule has 2 rings (SSSR count). The predicted molar refractivity (Wildman–Crippen MR) is 84.2 cm³/mol. The monoisotopic (exact) mass is 276 g/mol. The van der Waals surface area contributed by atoms with Crippen molar-refractivity contribution in [3.63, 3.8) is 0 Å². The van der Waals surface area contributed by atoms with E-state index in [9.17, 15) is 0 Å². The van der Waals surface area contributed by atoms with Crippen LogP contribution in [0, 0.1) is 13.8 Å². The number of benzene rings is 1. The Labute approximate surface area is 123 Å². The molecule has 0 bridgehead atoms. The van der Waals surface area contributed by atoms with Gasteiger partial charge in [0, 0.05) is 26.2 Å². The zero-order chi connectivity index (χ0) is 14.5. The molecule has 1 aliphatic heterocycles. The van der Waals surface area contributed by atoms with Crippen LogP contribution in [0.3, 0.4) is 0 Å². The van der Waals surface area contributed by atoms with Crippen LogP contribution in [0.4, 0.5) is 0 Å². The molecule has 3 nitrogen and oxygen atoms in total. The molecule has 1 aromatic rings. The first kappa shape index (κ1) is 15.5. The number of hydrogen-bond donors (Lipinski definition) is 1. The molecule has 112 valence electrons. The van der Waals surface area contributed by atoms with Crippen LogP contribution in [0.2, 0.25) is 0 Å². The van der Waals surface area contributed by atoms with Gasteiger partial charge in [-0.05, 0) is 51.4 Å². The van der Waals surface area contributed by atoms with E-state index in [0.717, 1.165) is 13.1 Å². The molecule has 0 radical (unpaired) electrons. The Morgan fingerprint density at radius 1 is 1.40 bits per heavy atom. The minimum absolute atomic E-state index is 0.394. The summed E-state index contributed by atoms with van der Waals surface area (Å²) >= 11 is 0. The van der Waals surface area contributed by atoms with Crippen molar-refractivity contribution in [2.45, 2.75) is 38.8 Å². The highest BCUT2D eigenvalue weighted by Gasteiger charge is 2.22. The van der Waals surface area contributed by atoms with Gasteiger partial charge in [-0.3, -0.25) is 4.90 Å². The smallest absolute Gasteiger partial charge is 0.0698 e. The van der Waals surface area contributed by atoms with Crippen molar-refractivity contribution in [1.82, 2.24) is 10.2 Å². The molecular weight excluding hydrogens is 248 g/mol. The molecule has 1 heterocycles. The highest BCUT2D eigenvalue weighted by molar-refractivity contribution is 5.33. The summed E-state index contributed by atoms with van der Waals surface area (Å²) in [5.41, 5.74) is 4.13. The Morgan fingerprint density at radius 3 is 2.90 bits per heavy atom.